The van der Waals surface area contributed by atoms with Gasteiger partial charge in [-0.05, 0) is 17.2 Å². The largest absolute Gasteiger partial charge is 0.552 e. The first kappa shape index (κ1) is 10.7. The molecular weight excluding hydrogens is 226 g/mol. The lowest BCUT2D eigenvalue weighted by Crippen LogP contribution is -2.39. The molecule has 3 rings (SSSR count). The molecule has 2 heterocycles. The molecule has 1 atom stereocenters. The number of pyridine rings is 1. The molecule has 0 saturated heterocycles. The Hall–Kier alpha value is -1.45. The van der Waals surface area contributed by atoms with E-state index in [0.717, 1.165) is 5.56 Å². The Morgan fingerprint density at radius 1 is 1.12 bits per heavy atom. The monoisotopic (exact) mass is 241 g/mol. The Labute approximate surface area is 102 Å². The number of hydrogen-bond donors (Lipinski definition) is 0. The first-order chi connectivity index (χ1) is 8.18. The second-order valence-electron chi connectivity index (χ2n) is 4.88. The standard InChI is InChI=1S/C14H15NOSi/c1-17(2)13-8-4-3-7-12(13)14(16-17)11-6-5-9-15-10-11/h3-10,14H,1-2H3/q-1. The Kier molecular flexibility index (Phi) is 2.38. The van der Waals surface area contributed by atoms with E-state index in [1.807, 2.05) is 12.3 Å². The van der Waals surface area contributed by atoms with Crippen LogP contribution >= 0.6 is 0 Å². The molecule has 0 amide bonds. The molecule has 0 fully saturated rings. The Balaban J connectivity index is 2.12. The van der Waals surface area contributed by atoms with E-state index in [9.17, 15) is 0 Å². The van der Waals surface area contributed by atoms with E-state index in [-0.39, 0.29) is 6.10 Å². The zero-order chi connectivity index (χ0) is 11.9. The van der Waals surface area contributed by atoms with Gasteiger partial charge in [-0.1, -0.05) is 30.3 Å². The Bertz CT molecular complexity index is 539. The summed E-state index contributed by atoms with van der Waals surface area (Å²) in [6.07, 6.45) is 3.77. The lowest BCUT2D eigenvalue weighted by Gasteiger charge is -2.31. The van der Waals surface area contributed by atoms with Gasteiger partial charge >= 0.3 is 0 Å². The summed E-state index contributed by atoms with van der Waals surface area (Å²) in [5.41, 5.74) is 2.47. The average Bonchev–Trinajstić information content (AvgIpc) is 2.64. The van der Waals surface area contributed by atoms with Crippen molar-refractivity contribution in [1.82, 2.24) is 4.98 Å². The minimum atomic E-state index is -1.73. The summed E-state index contributed by atoms with van der Waals surface area (Å²) in [6.45, 7) is 4.50. The summed E-state index contributed by atoms with van der Waals surface area (Å²) >= 11 is 0. The minimum Gasteiger partial charge on any atom is -0.552 e. The average molecular weight is 241 g/mol. The van der Waals surface area contributed by atoms with E-state index in [1.165, 1.54) is 10.8 Å². The topological polar surface area (TPSA) is 22.1 Å². The van der Waals surface area contributed by atoms with Crippen molar-refractivity contribution in [2.45, 2.75) is 19.2 Å². The van der Waals surface area contributed by atoms with Crippen LogP contribution in [0.2, 0.25) is 13.1 Å². The maximum absolute atomic E-state index is 6.30. The van der Waals surface area contributed by atoms with Crippen molar-refractivity contribution in [1.29, 1.82) is 0 Å². The molecule has 0 N–H and O–H groups in total. The minimum absolute atomic E-state index is 0.0709. The van der Waals surface area contributed by atoms with E-state index in [4.69, 9.17) is 4.43 Å². The van der Waals surface area contributed by atoms with Crippen LogP contribution in [0.4, 0.5) is 0 Å². The van der Waals surface area contributed by atoms with Gasteiger partial charge in [-0.3, -0.25) is 4.98 Å². The van der Waals surface area contributed by atoms with Crippen molar-refractivity contribution in [2.75, 3.05) is 0 Å². The highest BCUT2D eigenvalue weighted by Gasteiger charge is 2.30. The van der Waals surface area contributed by atoms with E-state index < -0.39 is 8.32 Å². The summed E-state index contributed by atoms with van der Waals surface area (Å²) in [7, 11) is -1.73. The van der Waals surface area contributed by atoms with Crippen molar-refractivity contribution < 1.29 is 4.43 Å². The van der Waals surface area contributed by atoms with Crippen molar-refractivity contribution in [3.05, 3.63) is 59.9 Å². The molecule has 0 radical (unpaired) electrons. The molecule has 17 heavy (non-hydrogen) atoms. The van der Waals surface area contributed by atoms with Gasteiger partial charge in [0, 0.05) is 20.7 Å². The number of benzene rings is 1. The van der Waals surface area contributed by atoms with Crippen molar-refractivity contribution in [3.8, 4) is 0 Å². The zero-order valence-electron chi connectivity index (χ0n) is 10.1. The summed E-state index contributed by atoms with van der Waals surface area (Å²) in [5.74, 6) is 0. The maximum atomic E-state index is 6.30. The molecule has 0 aliphatic carbocycles. The SMILES string of the molecule is C[Si-]1(C)OC(c2cccnc2)c2ccccc21. The second kappa shape index (κ2) is 3.79. The summed E-state index contributed by atoms with van der Waals surface area (Å²) < 4.78 is 6.30. The van der Waals surface area contributed by atoms with E-state index in [0.29, 0.717) is 0 Å². The molecule has 3 heteroatoms. The van der Waals surface area contributed by atoms with E-state index in [1.54, 1.807) is 6.20 Å². The molecule has 87 valence electrons. The van der Waals surface area contributed by atoms with Gasteiger partial charge < -0.3 is 4.43 Å². The molecule has 0 spiro atoms. The predicted molar refractivity (Wildman–Crippen MR) is 70.7 cm³/mol. The van der Waals surface area contributed by atoms with Gasteiger partial charge in [0.15, 0.2) is 0 Å². The van der Waals surface area contributed by atoms with Crippen LogP contribution in [-0.4, -0.2) is 13.3 Å². The number of hydrogen-bond acceptors (Lipinski definition) is 2. The van der Waals surface area contributed by atoms with Crippen molar-refractivity contribution in [2.24, 2.45) is 0 Å². The number of rotatable bonds is 1. The third kappa shape index (κ3) is 1.71. The quantitative estimate of drug-likeness (QED) is 0.716. The first-order valence-electron chi connectivity index (χ1n) is 5.85. The zero-order valence-corrected chi connectivity index (χ0v) is 11.1. The van der Waals surface area contributed by atoms with Crippen LogP contribution in [0.15, 0.2) is 48.8 Å². The molecule has 1 aliphatic heterocycles. The van der Waals surface area contributed by atoms with E-state index in [2.05, 4.69) is 48.4 Å². The summed E-state index contributed by atoms with van der Waals surface area (Å²) in [6, 6.07) is 12.6. The summed E-state index contributed by atoms with van der Waals surface area (Å²) in [5, 5.41) is 1.41. The van der Waals surface area contributed by atoms with Crippen molar-refractivity contribution in [3.63, 3.8) is 0 Å². The lowest BCUT2D eigenvalue weighted by molar-refractivity contribution is 0.258. The van der Waals surface area contributed by atoms with Gasteiger partial charge in [-0.15, -0.1) is 13.1 Å². The van der Waals surface area contributed by atoms with Crippen LogP contribution < -0.4 is 5.19 Å². The van der Waals surface area contributed by atoms with Crippen LogP contribution in [0.5, 0.6) is 0 Å². The van der Waals surface area contributed by atoms with Crippen LogP contribution in [0, 0.1) is 0 Å². The fraction of sp³-hybridized carbons (Fsp3) is 0.214. The van der Waals surface area contributed by atoms with Gasteiger partial charge in [-0.25, -0.2) is 0 Å². The number of fused-ring (bicyclic) bond motifs is 1. The molecular formula is C14H15NOSi-. The normalized spacial score (nSPS) is 21.2. The number of nitrogens with zero attached hydrogens (tertiary/aromatic N) is 1. The molecule has 2 nitrogen and oxygen atoms in total. The Morgan fingerprint density at radius 3 is 2.71 bits per heavy atom. The summed E-state index contributed by atoms with van der Waals surface area (Å²) in [4.78, 5) is 4.19. The van der Waals surface area contributed by atoms with Gasteiger partial charge in [0.25, 0.3) is 0 Å². The first-order valence-corrected chi connectivity index (χ1v) is 8.76. The highest BCUT2D eigenvalue weighted by molar-refractivity contribution is 6.85. The smallest absolute Gasteiger partial charge is 0.0668 e. The molecule has 2 aromatic rings. The predicted octanol–water partition coefficient (Wildman–Crippen LogP) is 2.61. The molecule has 1 aromatic heterocycles. The highest BCUT2D eigenvalue weighted by Crippen LogP contribution is 2.34. The molecule has 1 aliphatic rings. The fourth-order valence-corrected chi connectivity index (χ4v) is 4.86. The van der Waals surface area contributed by atoms with Crippen LogP contribution in [0.3, 0.4) is 0 Å². The van der Waals surface area contributed by atoms with Crippen LogP contribution in [-0.2, 0) is 4.43 Å². The van der Waals surface area contributed by atoms with Gasteiger partial charge in [0.1, 0.15) is 0 Å². The van der Waals surface area contributed by atoms with Crippen molar-refractivity contribution >= 4 is 13.5 Å². The maximum Gasteiger partial charge on any atom is 0.0668 e. The molecule has 1 unspecified atom stereocenters. The van der Waals surface area contributed by atoms with Gasteiger partial charge in [0.2, 0.25) is 0 Å². The number of aromatic nitrogens is 1. The Morgan fingerprint density at radius 2 is 1.94 bits per heavy atom. The highest BCUT2D eigenvalue weighted by atomic mass is 28.4. The fourth-order valence-electron chi connectivity index (χ4n) is 2.47. The van der Waals surface area contributed by atoms with Crippen LogP contribution in [0.25, 0.3) is 0 Å². The third-order valence-electron chi connectivity index (χ3n) is 3.29. The van der Waals surface area contributed by atoms with Crippen LogP contribution in [0.1, 0.15) is 17.2 Å². The molecule has 0 saturated carbocycles. The third-order valence-corrected chi connectivity index (χ3v) is 5.87. The molecule has 0 bridgehead atoms. The lowest BCUT2D eigenvalue weighted by atomic mass is 10.0. The van der Waals surface area contributed by atoms with Gasteiger partial charge in [-0.2, -0.15) is 5.19 Å². The second-order valence-corrected chi connectivity index (χ2v) is 8.68. The molecule has 1 aromatic carbocycles. The van der Waals surface area contributed by atoms with Gasteiger partial charge in [0.05, 0.1) is 6.10 Å². The van der Waals surface area contributed by atoms with E-state index >= 15 is 0 Å².